The molecule has 0 aliphatic heterocycles. The molecular weight excluding hydrogens is 241 g/mol. The van der Waals surface area contributed by atoms with E-state index in [1.54, 1.807) is 0 Å². The van der Waals surface area contributed by atoms with Crippen LogP contribution < -0.4 is 10.2 Å². The maximum absolute atomic E-state index is 9.30. The Morgan fingerprint density at radius 2 is 1.00 bits per heavy atom. The third-order valence-electron chi connectivity index (χ3n) is 0.408. The molecule has 2 nitrogen and oxygen atoms in total. The van der Waals surface area contributed by atoms with Crippen molar-refractivity contribution in [2.45, 2.75) is 26.7 Å². The summed E-state index contributed by atoms with van der Waals surface area (Å²) in [5.41, 5.74) is 0. The molecule has 0 unspecified atom stereocenters. The summed E-state index contributed by atoms with van der Waals surface area (Å²) in [5, 5.41) is 18.6. The van der Waals surface area contributed by atoms with Gasteiger partial charge in [-0.05, 0) is 0 Å². The average Bonchev–Trinajstić information content (AvgIpc) is 1.88. The largest absolute Gasteiger partial charge is 2.00 e. The first-order chi connectivity index (χ1) is 3.83. The van der Waals surface area contributed by atoms with Gasteiger partial charge in [-0.2, -0.15) is 0 Å². The second-order valence-corrected chi connectivity index (χ2v) is 1.41. The summed E-state index contributed by atoms with van der Waals surface area (Å²) in [7, 11) is 0. The molecule has 0 saturated heterocycles. The fourth-order valence-electron chi connectivity index (χ4n) is 0. The SMILES string of the molecule is CCC[O-].CCC[O-].[Ba+2]. The minimum Gasteiger partial charge on any atom is -0.854 e. The number of hydrogen-bond donors (Lipinski definition) is 0. The van der Waals surface area contributed by atoms with E-state index in [0.717, 1.165) is 12.8 Å². The zero-order valence-electron chi connectivity index (χ0n) is 6.35. The third-order valence-corrected chi connectivity index (χ3v) is 0.408. The van der Waals surface area contributed by atoms with Gasteiger partial charge in [0.25, 0.3) is 0 Å². The van der Waals surface area contributed by atoms with E-state index < -0.39 is 0 Å². The molecule has 0 aromatic heterocycles. The van der Waals surface area contributed by atoms with Crippen LogP contribution in [0.3, 0.4) is 0 Å². The van der Waals surface area contributed by atoms with Crippen molar-refractivity contribution >= 4 is 48.9 Å². The van der Waals surface area contributed by atoms with Crippen molar-refractivity contribution in [2.24, 2.45) is 0 Å². The summed E-state index contributed by atoms with van der Waals surface area (Å²) < 4.78 is 0. The van der Waals surface area contributed by atoms with E-state index in [1.165, 1.54) is 0 Å². The van der Waals surface area contributed by atoms with Crippen molar-refractivity contribution in [3.63, 3.8) is 0 Å². The Hall–Kier alpha value is 1.49. The minimum absolute atomic E-state index is 0. The van der Waals surface area contributed by atoms with Crippen molar-refractivity contribution in [2.75, 3.05) is 13.2 Å². The van der Waals surface area contributed by atoms with Gasteiger partial charge in [-0.15, -0.1) is 13.2 Å². The molecule has 52 valence electrons. The Labute approximate surface area is 97.7 Å². The first-order valence-corrected chi connectivity index (χ1v) is 2.99. The molecule has 0 amide bonds. The van der Waals surface area contributed by atoms with Gasteiger partial charge in [0.1, 0.15) is 0 Å². The normalized spacial score (nSPS) is 6.67. The zero-order valence-corrected chi connectivity index (χ0v) is 10.8. The summed E-state index contributed by atoms with van der Waals surface area (Å²) in [5.74, 6) is 0. The molecule has 3 heteroatoms. The summed E-state index contributed by atoms with van der Waals surface area (Å²) >= 11 is 0. The Morgan fingerprint density at radius 1 is 0.889 bits per heavy atom. The second kappa shape index (κ2) is 22.7. The molecule has 0 rings (SSSR count). The molecule has 9 heavy (non-hydrogen) atoms. The van der Waals surface area contributed by atoms with Gasteiger partial charge in [-0.1, -0.05) is 26.7 Å². The van der Waals surface area contributed by atoms with Crippen LogP contribution in [0.5, 0.6) is 0 Å². The van der Waals surface area contributed by atoms with Crippen molar-refractivity contribution in [1.29, 1.82) is 0 Å². The molecule has 0 radical (unpaired) electrons. The van der Waals surface area contributed by atoms with Gasteiger partial charge >= 0.3 is 48.9 Å². The fraction of sp³-hybridized carbons (Fsp3) is 1.00. The van der Waals surface area contributed by atoms with E-state index >= 15 is 0 Å². The van der Waals surface area contributed by atoms with Crippen molar-refractivity contribution in [3.05, 3.63) is 0 Å². The standard InChI is InChI=1S/2C3H7O.Ba/c2*1-2-3-4;/h2*2-3H2,1H3;/q2*-1;+2. The maximum Gasteiger partial charge on any atom is 2.00 e. The Balaban J connectivity index is -0.0000000720. The Kier molecular flexibility index (Phi) is 42.5. The predicted octanol–water partition coefficient (Wildman–Crippen LogP) is -0.867. The van der Waals surface area contributed by atoms with Crippen LogP contribution in [0.4, 0.5) is 0 Å². The van der Waals surface area contributed by atoms with Crippen LogP contribution in [0, 0.1) is 0 Å². The van der Waals surface area contributed by atoms with Crippen molar-refractivity contribution in [1.82, 2.24) is 0 Å². The molecule has 0 atom stereocenters. The second-order valence-electron chi connectivity index (χ2n) is 1.41. The van der Waals surface area contributed by atoms with Crippen LogP contribution in [0.25, 0.3) is 0 Å². The van der Waals surface area contributed by atoms with E-state index in [2.05, 4.69) is 0 Å². The summed E-state index contributed by atoms with van der Waals surface area (Å²) in [6, 6.07) is 0. The van der Waals surface area contributed by atoms with Gasteiger partial charge in [0.15, 0.2) is 0 Å². The number of rotatable bonds is 2. The summed E-state index contributed by atoms with van der Waals surface area (Å²) in [6.45, 7) is 3.88. The molecule has 0 fully saturated rings. The zero-order chi connectivity index (χ0) is 6.83. The Bertz CT molecular complexity index is 19.0. The van der Waals surface area contributed by atoms with Crippen molar-refractivity contribution in [3.8, 4) is 0 Å². The molecule has 0 bridgehead atoms. The first kappa shape index (κ1) is 16.8. The molecule has 0 spiro atoms. The maximum atomic E-state index is 9.30. The van der Waals surface area contributed by atoms with Gasteiger partial charge in [-0.25, -0.2) is 0 Å². The molecule has 0 aromatic carbocycles. The van der Waals surface area contributed by atoms with Crippen LogP contribution in [-0.4, -0.2) is 62.1 Å². The van der Waals surface area contributed by atoms with E-state index in [9.17, 15) is 10.2 Å². The smallest absolute Gasteiger partial charge is 0.854 e. The van der Waals surface area contributed by atoms with Crippen LogP contribution in [0.15, 0.2) is 0 Å². The first-order valence-electron chi connectivity index (χ1n) is 2.99. The van der Waals surface area contributed by atoms with E-state index in [0.29, 0.717) is 0 Å². The third kappa shape index (κ3) is 43.7. The summed E-state index contributed by atoms with van der Waals surface area (Å²) in [4.78, 5) is 0. The quantitative estimate of drug-likeness (QED) is 0.603. The Morgan fingerprint density at radius 3 is 1.00 bits per heavy atom. The molecule has 0 saturated carbocycles. The van der Waals surface area contributed by atoms with Gasteiger partial charge < -0.3 is 10.2 Å². The van der Waals surface area contributed by atoms with Gasteiger partial charge in [-0.3, -0.25) is 0 Å². The minimum atomic E-state index is 0. The monoisotopic (exact) mass is 256 g/mol. The van der Waals surface area contributed by atoms with Gasteiger partial charge in [0.2, 0.25) is 0 Å². The molecule has 0 heterocycles. The molecule has 0 aromatic rings. The molecular formula is C6H14BaO2. The van der Waals surface area contributed by atoms with Crippen LogP contribution in [0.2, 0.25) is 0 Å². The van der Waals surface area contributed by atoms with Crippen LogP contribution >= 0.6 is 0 Å². The summed E-state index contributed by atoms with van der Waals surface area (Å²) in [6.07, 6.45) is 1.53. The number of hydrogen-bond acceptors (Lipinski definition) is 2. The predicted molar refractivity (Wildman–Crippen MR) is 36.1 cm³/mol. The van der Waals surface area contributed by atoms with E-state index in [4.69, 9.17) is 0 Å². The fourth-order valence-corrected chi connectivity index (χ4v) is 0. The molecule has 0 aliphatic carbocycles. The topological polar surface area (TPSA) is 46.1 Å². The van der Waals surface area contributed by atoms with E-state index in [1.807, 2.05) is 13.8 Å². The average molecular weight is 256 g/mol. The molecule has 0 N–H and O–H groups in total. The van der Waals surface area contributed by atoms with Gasteiger partial charge in [0.05, 0.1) is 0 Å². The van der Waals surface area contributed by atoms with Crippen LogP contribution in [-0.2, 0) is 0 Å². The molecule has 0 aliphatic rings. The van der Waals surface area contributed by atoms with Crippen molar-refractivity contribution < 1.29 is 10.2 Å². The van der Waals surface area contributed by atoms with E-state index in [-0.39, 0.29) is 62.1 Å². The van der Waals surface area contributed by atoms with Gasteiger partial charge in [0, 0.05) is 0 Å². The van der Waals surface area contributed by atoms with Crippen LogP contribution in [0.1, 0.15) is 26.7 Å².